The molecule has 0 bridgehead atoms. The molecular formula is C27H27F3N6O4. The Bertz CT molecular complexity index is 1480. The van der Waals surface area contributed by atoms with Crippen LogP contribution < -0.4 is 10.2 Å². The summed E-state index contributed by atoms with van der Waals surface area (Å²) in [6, 6.07) is 20.1. The van der Waals surface area contributed by atoms with Crippen LogP contribution >= 0.6 is 0 Å². The second kappa shape index (κ2) is 12.0. The molecule has 2 aromatic heterocycles. The summed E-state index contributed by atoms with van der Waals surface area (Å²) in [6.07, 6.45) is -5.08. The number of nitrogens with one attached hydrogen (secondary N) is 1. The van der Waals surface area contributed by atoms with E-state index in [4.69, 9.17) is 14.4 Å². The molecule has 2 N–H and O–H groups in total. The van der Waals surface area contributed by atoms with Crippen LogP contribution in [0.3, 0.4) is 0 Å². The van der Waals surface area contributed by atoms with Gasteiger partial charge in [0.2, 0.25) is 5.82 Å². The minimum Gasteiger partial charge on any atom is -0.475 e. The second-order valence-electron chi connectivity index (χ2n) is 9.24. The molecule has 0 spiro atoms. The quantitative estimate of drug-likeness (QED) is 0.343. The highest BCUT2D eigenvalue weighted by atomic mass is 19.4. The molecule has 0 unspecified atom stereocenters. The zero-order valence-electron chi connectivity index (χ0n) is 21.7. The van der Waals surface area contributed by atoms with E-state index in [1.807, 2.05) is 64.4 Å². The lowest BCUT2D eigenvalue weighted by molar-refractivity contribution is -0.192. The van der Waals surface area contributed by atoms with Gasteiger partial charge in [0.25, 0.3) is 0 Å². The summed E-state index contributed by atoms with van der Waals surface area (Å²) in [6.45, 7) is 6.62. The number of carbonyl (C=O) groups is 2. The predicted octanol–water partition coefficient (Wildman–Crippen LogP) is 5.40. The maximum absolute atomic E-state index is 12.8. The van der Waals surface area contributed by atoms with Crippen LogP contribution in [0.2, 0.25) is 0 Å². The predicted molar refractivity (Wildman–Crippen MR) is 142 cm³/mol. The van der Waals surface area contributed by atoms with E-state index < -0.39 is 12.1 Å². The third-order valence-electron chi connectivity index (χ3n) is 6.15. The van der Waals surface area contributed by atoms with Gasteiger partial charge in [-0.05, 0) is 29.7 Å². The largest absolute Gasteiger partial charge is 0.490 e. The molecule has 210 valence electrons. The molecular weight excluding hydrogens is 529 g/mol. The summed E-state index contributed by atoms with van der Waals surface area (Å²) in [4.78, 5) is 34.7. The SMILES string of the molecule is CC(C)c1ccccc1NC(=O)N1CCN(c2nc(-c3ccc4ccccc4n3)no2)CC1.O=C(O)C(F)(F)F. The van der Waals surface area contributed by atoms with Crippen LogP contribution in [0.15, 0.2) is 65.2 Å². The monoisotopic (exact) mass is 556 g/mol. The van der Waals surface area contributed by atoms with Gasteiger partial charge in [-0.25, -0.2) is 14.6 Å². The van der Waals surface area contributed by atoms with Gasteiger partial charge < -0.3 is 24.7 Å². The number of aromatic nitrogens is 3. The molecule has 2 aromatic carbocycles. The maximum atomic E-state index is 12.8. The summed E-state index contributed by atoms with van der Waals surface area (Å²) in [5, 5.41) is 15.4. The zero-order chi connectivity index (χ0) is 28.9. The number of anilines is 2. The van der Waals surface area contributed by atoms with Gasteiger partial charge in [-0.1, -0.05) is 61.5 Å². The number of benzene rings is 2. The fourth-order valence-corrected chi connectivity index (χ4v) is 4.05. The number of nitrogens with zero attached hydrogens (tertiary/aromatic N) is 5. The van der Waals surface area contributed by atoms with E-state index in [2.05, 4.69) is 40.4 Å². The Hall–Kier alpha value is -4.68. The third-order valence-corrected chi connectivity index (χ3v) is 6.15. The van der Waals surface area contributed by atoms with Crippen molar-refractivity contribution in [1.82, 2.24) is 20.0 Å². The summed E-state index contributed by atoms with van der Waals surface area (Å²) >= 11 is 0. The smallest absolute Gasteiger partial charge is 0.475 e. The Balaban J connectivity index is 0.000000470. The van der Waals surface area contributed by atoms with Crippen LogP contribution in [0.4, 0.5) is 29.7 Å². The topological polar surface area (TPSA) is 125 Å². The van der Waals surface area contributed by atoms with Crippen molar-refractivity contribution in [2.75, 3.05) is 36.4 Å². The number of halogens is 3. The first-order valence-electron chi connectivity index (χ1n) is 12.4. The van der Waals surface area contributed by atoms with Crippen molar-refractivity contribution >= 4 is 34.6 Å². The number of carboxylic acid groups (broad SMARTS) is 1. The average molecular weight is 557 g/mol. The van der Waals surface area contributed by atoms with Crippen LogP contribution in [-0.4, -0.2) is 69.5 Å². The van der Waals surface area contributed by atoms with E-state index in [0.29, 0.717) is 49.6 Å². The summed E-state index contributed by atoms with van der Waals surface area (Å²) in [7, 11) is 0. The maximum Gasteiger partial charge on any atom is 0.490 e. The van der Waals surface area contributed by atoms with E-state index in [1.54, 1.807) is 0 Å². The first-order chi connectivity index (χ1) is 19.0. The lowest BCUT2D eigenvalue weighted by Crippen LogP contribution is -2.50. The standard InChI is InChI=1S/C25H26N6O2.C2HF3O2/c1-17(2)19-8-4-6-10-21(19)27-24(32)30-13-15-31(16-14-30)25-28-23(29-33-25)22-12-11-18-7-3-5-9-20(18)26-22;3-2(4,5)1(6)7/h3-12,17H,13-16H2,1-2H3,(H,27,32);(H,6,7). The average Bonchev–Trinajstić information content (AvgIpc) is 3.43. The molecule has 10 nitrogen and oxygen atoms in total. The van der Waals surface area contributed by atoms with Crippen LogP contribution in [-0.2, 0) is 4.79 Å². The Labute approximate surface area is 227 Å². The normalized spacial score (nSPS) is 13.7. The molecule has 4 aromatic rings. The minimum absolute atomic E-state index is 0.0886. The van der Waals surface area contributed by atoms with Gasteiger partial charge in [-0.3, -0.25) is 0 Å². The Morgan fingerprint density at radius 1 is 0.950 bits per heavy atom. The fraction of sp³-hybridized carbons (Fsp3) is 0.296. The van der Waals surface area contributed by atoms with Gasteiger partial charge >= 0.3 is 24.2 Å². The summed E-state index contributed by atoms with van der Waals surface area (Å²) in [5.74, 6) is -1.96. The van der Waals surface area contributed by atoms with E-state index in [9.17, 15) is 18.0 Å². The number of aliphatic carboxylic acids is 1. The first-order valence-corrected chi connectivity index (χ1v) is 12.4. The Morgan fingerprint density at radius 3 is 2.27 bits per heavy atom. The fourth-order valence-electron chi connectivity index (χ4n) is 4.05. The molecule has 40 heavy (non-hydrogen) atoms. The number of pyridine rings is 1. The zero-order valence-corrected chi connectivity index (χ0v) is 21.7. The highest BCUT2D eigenvalue weighted by molar-refractivity contribution is 5.90. The van der Waals surface area contributed by atoms with Crippen LogP contribution in [0.1, 0.15) is 25.3 Å². The van der Waals surface area contributed by atoms with Gasteiger partial charge in [0.1, 0.15) is 5.69 Å². The van der Waals surface area contributed by atoms with Crippen molar-refractivity contribution in [2.45, 2.75) is 25.9 Å². The van der Waals surface area contributed by atoms with Crippen LogP contribution in [0.5, 0.6) is 0 Å². The van der Waals surface area contributed by atoms with Gasteiger partial charge in [-0.2, -0.15) is 18.2 Å². The van der Waals surface area contributed by atoms with Crippen molar-refractivity contribution in [3.63, 3.8) is 0 Å². The highest BCUT2D eigenvalue weighted by Gasteiger charge is 2.38. The molecule has 1 saturated heterocycles. The number of amides is 2. The number of rotatable bonds is 4. The summed E-state index contributed by atoms with van der Waals surface area (Å²) < 4.78 is 37.2. The number of piperazine rings is 1. The van der Waals surface area contributed by atoms with E-state index >= 15 is 0 Å². The molecule has 3 heterocycles. The first kappa shape index (κ1) is 28.3. The number of alkyl halides is 3. The van der Waals surface area contributed by atoms with Crippen molar-refractivity contribution in [1.29, 1.82) is 0 Å². The number of carbonyl (C=O) groups excluding carboxylic acids is 1. The lowest BCUT2D eigenvalue weighted by Gasteiger charge is -2.33. The van der Waals surface area contributed by atoms with Gasteiger partial charge in [0.05, 0.1) is 5.52 Å². The van der Waals surface area contributed by atoms with E-state index in [1.165, 1.54) is 0 Å². The third kappa shape index (κ3) is 6.84. The second-order valence-corrected chi connectivity index (χ2v) is 9.24. The molecule has 1 aliphatic rings. The minimum atomic E-state index is -5.08. The molecule has 2 amide bonds. The number of hydrogen-bond acceptors (Lipinski definition) is 7. The number of urea groups is 1. The van der Waals surface area contributed by atoms with E-state index in [0.717, 1.165) is 22.2 Å². The molecule has 0 saturated carbocycles. The molecule has 1 fully saturated rings. The van der Waals surface area contributed by atoms with Crippen LogP contribution in [0, 0.1) is 0 Å². The van der Waals surface area contributed by atoms with Gasteiger partial charge in [0, 0.05) is 37.3 Å². The van der Waals surface area contributed by atoms with Crippen molar-refractivity contribution in [3.8, 4) is 11.5 Å². The Morgan fingerprint density at radius 2 is 1.60 bits per heavy atom. The molecule has 0 atom stereocenters. The number of hydrogen-bond donors (Lipinski definition) is 2. The molecule has 0 radical (unpaired) electrons. The summed E-state index contributed by atoms with van der Waals surface area (Å²) in [5.41, 5.74) is 3.56. The van der Waals surface area contributed by atoms with Gasteiger partial charge in [0.15, 0.2) is 0 Å². The van der Waals surface area contributed by atoms with Crippen LogP contribution in [0.25, 0.3) is 22.4 Å². The highest BCUT2D eigenvalue weighted by Crippen LogP contribution is 2.25. The molecule has 13 heteroatoms. The van der Waals surface area contributed by atoms with Crippen molar-refractivity contribution in [3.05, 3.63) is 66.2 Å². The Kier molecular flexibility index (Phi) is 8.51. The number of fused-ring (bicyclic) bond motifs is 1. The van der Waals surface area contributed by atoms with Crippen molar-refractivity contribution in [2.24, 2.45) is 0 Å². The molecule has 5 rings (SSSR count). The number of para-hydroxylation sites is 2. The number of carboxylic acids is 1. The lowest BCUT2D eigenvalue weighted by atomic mass is 10.0. The van der Waals surface area contributed by atoms with Crippen molar-refractivity contribution < 1.29 is 32.4 Å². The van der Waals surface area contributed by atoms with Gasteiger partial charge in [-0.15, -0.1) is 0 Å². The molecule has 0 aliphatic carbocycles. The molecule has 1 aliphatic heterocycles. The van der Waals surface area contributed by atoms with E-state index in [-0.39, 0.29) is 6.03 Å².